The summed E-state index contributed by atoms with van der Waals surface area (Å²) in [5.41, 5.74) is -0.293. The lowest BCUT2D eigenvalue weighted by Gasteiger charge is -2.13. The van der Waals surface area contributed by atoms with Crippen molar-refractivity contribution in [3.05, 3.63) is 29.8 Å². The number of nitrogens with one attached hydrogen (secondary N) is 1. The molecule has 0 aliphatic carbocycles. The van der Waals surface area contributed by atoms with Crippen molar-refractivity contribution >= 4 is 17.6 Å². The van der Waals surface area contributed by atoms with E-state index in [0.29, 0.717) is 11.0 Å². The van der Waals surface area contributed by atoms with E-state index in [1.54, 1.807) is 0 Å². The molecule has 4 nitrogen and oxygen atoms in total. The first-order valence-electron chi connectivity index (χ1n) is 5.07. The molecule has 2 rings (SSSR count). The number of halogens is 2. The second kappa shape index (κ2) is 4.45. The van der Waals surface area contributed by atoms with Crippen LogP contribution in [-0.2, 0) is 4.79 Å². The number of anilines is 1. The topological polar surface area (TPSA) is 49.4 Å². The van der Waals surface area contributed by atoms with Crippen molar-refractivity contribution in [3.63, 3.8) is 0 Å². The van der Waals surface area contributed by atoms with Gasteiger partial charge in [0.1, 0.15) is 17.7 Å². The van der Waals surface area contributed by atoms with Crippen LogP contribution >= 0.6 is 0 Å². The molecular formula is C12H8F2N2O2. The number of benzene rings is 1. The van der Waals surface area contributed by atoms with Crippen LogP contribution in [0.25, 0.3) is 0 Å². The third-order valence-corrected chi connectivity index (χ3v) is 2.49. The summed E-state index contributed by atoms with van der Waals surface area (Å²) >= 11 is 0. The highest BCUT2D eigenvalue weighted by Crippen LogP contribution is 2.24. The van der Waals surface area contributed by atoms with Crippen molar-refractivity contribution in [2.24, 2.45) is 0 Å². The second-order valence-corrected chi connectivity index (χ2v) is 3.68. The van der Waals surface area contributed by atoms with Crippen LogP contribution in [0.15, 0.2) is 18.2 Å². The largest absolute Gasteiger partial charge is 0.329 e. The fourth-order valence-corrected chi connectivity index (χ4v) is 1.68. The quantitative estimate of drug-likeness (QED) is 0.637. The zero-order valence-electron chi connectivity index (χ0n) is 9.11. The summed E-state index contributed by atoms with van der Waals surface area (Å²) in [7, 11) is 0. The summed E-state index contributed by atoms with van der Waals surface area (Å²) in [4.78, 5) is 24.0. The van der Waals surface area contributed by atoms with Crippen LogP contribution in [0.3, 0.4) is 0 Å². The SMILES string of the molecule is C#CCC1NC(=O)N(c2ccc(F)cc2F)C1=O. The molecule has 1 saturated heterocycles. The lowest BCUT2D eigenvalue weighted by molar-refractivity contribution is -0.118. The molecule has 1 aromatic rings. The van der Waals surface area contributed by atoms with Gasteiger partial charge in [-0.1, -0.05) is 0 Å². The molecule has 0 aromatic heterocycles. The summed E-state index contributed by atoms with van der Waals surface area (Å²) in [6.07, 6.45) is 5.07. The van der Waals surface area contributed by atoms with Crippen molar-refractivity contribution in [1.29, 1.82) is 0 Å². The van der Waals surface area contributed by atoms with Crippen LogP contribution in [0.4, 0.5) is 19.3 Å². The Morgan fingerprint density at radius 1 is 1.39 bits per heavy atom. The van der Waals surface area contributed by atoms with Crippen LogP contribution in [0.5, 0.6) is 0 Å². The minimum atomic E-state index is -0.986. The van der Waals surface area contributed by atoms with E-state index in [-0.39, 0.29) is 12.1 Å². The first kappa shape index (κ1) is 12.0. The van der Waals surface area contributed by atoms with Crippen molar-refractivity contribution in [3.8, 4) is 12.3 Å². The minimum absolute atomic E-state index is 0.0177. The number of imide groups is 1. The maximum atomic E-state index is 13.5. The van der Waals surface area contributed by atoms with Crippen molar-refractivity contribution in [2.45, 2.75) is 12.5 Å². The van der Waals surface area contributed by atoms with Gasteiger partial charge in [0, 0.05) is 12.5 Å². The van der Waals surface area contributed by atoms with Gasteiger partial charge in [-0.25, -0.2) is 18.5 Å². The second-order valence-electron chi connectivity index (χ2n) is 3.68. The molecule has 1 aliphatic heterocycles. The van der Waals surface area contributed by atoms with E-state index in [2.05, 4.69) is 11.2 Å². The Balaban J connectivity index is 2.36. The van der Waals surface area contributed by atoms with E-state index in [9.17, 15) is 18.4 Å². The number of rotatable bonds is 2. The van der Waals surface area contributed by atoms with Gasteiger partial charge in [0.05, 0.1) is 5.69 Å². The number of carbonyl (C=O) groups excluding carboxylic acids is 2. The van der Waals surface area contributed by atoms with Gasteiger partial charge in [-0.3, -0.25) is 4.79 Å². The highest BCUT2D eigenvalue weighted by molar-refractivity contribution is 6.21. The van der Waals surface area contributed by atoms with E-state index in [0.717, 1.165) is 12.1 Å². The zero-order valence-corrected chi connectivity index (χ0v) is 9.11. The molecule has 3 amide bonds. The van der Waals surface area contributed by atoms with Crippen LogP contribution in [0.2, 0.25) is 0 Å². The van der Waals surface area contributed by atoms with E-state index in [4.69, 9.17) is 6.42 Å². The number of hydrogen-bond acceptors (Lipinski definition) is 2. The molecule has 1 atom stereocenters. The van der Waals surface area contributed by atoms with E-state index >= 15 is 0 Å². The highest BCUT2D eigenvalue weighted by Gasteiger charge is 2.39. The molecule has 0 bridgehead atoms. The smallest absolute Gasteiger partial charge is 0.324 e. The highest BCUT2D eigenvalue weighted by atomic mass is 19.1. The minimum Gasteiger partial charge on any atom is -0.324 e. The number of urea groups is 1. The molecule has 6 heteroatoms. The molecule has 0 saturated carbocycles. The van der Waals surface area contributed by atoms with E-state index in [1.807, 2.05) is 0 Å². The summed E-state index contributed by atoms with van der Waals surface area (Å²) in [5.74, 6) is -0.184. The Bertz CT molecular complexity index is 566. The first-order valence-corrected chi connectivity index (χ1v) is 5.07. The molecule has 0 spiro atoms. The zero-order chi connectivity index (χ0) is 13.3. The molecule has 1 heterocycles. The number of amides is 3. The van der Waals surface area contributed by atoms with Crippen LogP contribution in [0, 0.1) is 24.0 Å². The normalized spacial score (nSPS) is 18.7. The lowest BCUT2D eigenvalue weighted by Crippen LogP contribution is -2.32. The van der Waals surface area contributed by atoms with Gasteiger partial charge in [0.25, 0.3) is 5.91 Å². The van der Waals surface area contributed by atoms with Crippen LogP contribution < -0.4 is 10.2 Å². The third kappa shape index (κ3) is 1.91. The Kier molecular flexibility index (Phi) is 2.98. The van der Waals surface area contributed by atoms with Gasteiger partial charge in [-0.15, -0.1) is 12.3 Å². The Morgan fingerprint density at radius 2 is 2.11 bits per heavy atom. The van der Waals surface area contributed by atoms with Crippen LogP contribution in [-0.4, -0.2) is 18.0 Å². The maximum absolute atomic E-state index is 13.5. The Morgan fingerprint density at radius 3 is 2.72 bits per heavy atom. The van der Waals surface area contributed by atoms with Gasteiger partial charge in [0.15, 0.2) is 0 Å². The summed E-state index contributed by atoms with van der Waals surface area (Å²) in [6.45, 7) is 0. The standard InChI is InChI=1S/C12H8F2N2O2/c1-2-3-9-11(17)16(12(18)15-9)10-5-4-7(13)6-8(10)14/h1,4-6,9H,3H2,(H,15,18). The van der Waals surface area contributed by atoms with Gasteiger partial charge in [0.2, 0.25) is 0 Å². The molecule has 1 fully saturated rings. The molecule has 0 radical (unpaired) electrons. The van der Waals surface area contributed by atoms with Crippen LogP contribution in [0.1, 0.15) is 6.42 Å². The average molecular weight is 250 g/mol. The van der Waals surface area contributed by atoms with Gasteiger partial charge >= 0.3 is 6.03 Å². The molecule has 18 heavy (non-hydrogen) atoms. The Labute approximate surface area is 102 Å². The summed E-state index contributed by atoms with van der Waals surface area (Å²) in [6, 6.07) is 0.955. The van der Waals surface area contributed by atoms with Gasteiger partial charge < -0.3 is 5.32 Å². The van der Waals surface area contributed by atoms with Gasteiger partial charge in [-0.05, 0) is 12.1 Å². The average Bonchev–Trinajstić information content (AvgIpc) is 2.56. The van der Waals surface area contributed by atoms with Crippen molar-refractivity contribution in [1.82, 2.24) is 5.32 Å². The van der Waals surface area contributed by atoms with E-state index < -0.39 is 29.6 Å². The fraction of sp³-hybridized carbons (Fsp3) is 0.167. The van der Waals surface area contributed by atoms with E-state index in [1.165, 1.54) is 0 Å². The molecule has 1 aromatic carbocycles. The summed E-state index contributed by atoms with van der Waals surface area (Å²) in [5, 5.41) is 2.33. The predicted octanol–water partition coefficient (Wildman–Crippen LogP) is 1.41. The molecule has 1 unspecified atom stereocenters. The maximum Gasteiger partial charge on any atom is 0.329 e. The number of carbonyl (C=O) groups is 2. The number of nitrogens with zero attached hydrogens (tertiary/aromatic N) is 1. The monoisotopic (exact) mass is 250 g/mol. The van der Waals surface area contributed by atoms with Crippen molar-refractivity contribution < 1.29 is 18.4 Å². The number of terminal acetylenes is 1. The fourth-order valence-electron chi connectivity index (χ4n) is 1.68. The number of hydrogen-bond donors (Lipinski definition) is 1. The molecule has 1 aliphatic rings. The third-order valence-electron chi connectivity index (χ3n) is 2.49. The molecule has 92 valence electrons. The Hall–Kier alpha value is -2.42. The lowest BCUT2D eigenvalue weighted by atomic mass is 10.2. The van der Waals surface area contributed by atoms with Crippen molar-refractivity contribution in [2.75, 3.05) is 4.90 Å². The predicted molar refractivity (Wildman–Crippen MR) is 59.6 cm³/mol. The first-order chi connectivity index (χ1) is 8.54. The van der Waals surface area contributed by atoms with Gasteiger partial charge in [-0.2, -0.15) is 0 Å². The molecular weight excluding hydrogens is 242 g/mol. The molecule has 1 N–H and O–H groups in total. The summed E-state index contributed by atoms with van der Waals surface area (Å²) < 4.78 is 26.3.